The number of hydrogen-bond donors (Lipinski definition) is 0. The Bertz CT molecular complexity index is 421. The quantitative estimate of drug-likeness (QED) is 0.575. The summed E-state index contributed by atoms with van der Waals surface area (Å²) in [4.78, 5) is 10.2. The van der Waals surface area contributed by atoms with Crippen molar-refractivity contribution in [1.82, 2.24) is 0 Å². The van der Waals surface area contributed by atoms with Crippen molar-refractivity contribution in [2.24, 2.45) is 5.92 Å². The molecule has 0 amide bonds. The van der Waals surface area contributed by atoms with Crippen LogP contribution in [-0.2, 0) is 0 Å². The molecule has 0 radical (unpaired) electrons. The van der Waals surface area contributed by atoms with E-state index in [9.17, 15) is 10.1 Å². The number of non-ortho nitro benzene ring substituents is 1. The minimum Gasteiger partial charge on any atom is -0.258 e. The molecule has 1 rings (SSSR count). The van der Waals surface area contributed by atoms with Crippen LogP contribution in [0.5, 0.6) is 0 Å². The van der Waals surface area contributed by atoms with Crippen molar-refractivity contribution < 1.29 is 4.92 Å². The summed E-state index contributed by atoms with van der Waals surface area (Å²) in [6.07, 6.45) is 0.388. The third-order valence-electron chi connectivity index (χ3n) is 2.63. The molecule has 1 unspecified atom stereocenters. The summed E-state index contributed by atoms with van der Waals surface area (Å²) < 4.78 is 0. The van der Waals surface area contributed by atoms with Gasteiger partial charge in [-0.2, -0.15) is 5.26 Å². The van der Waals surface area contributed by atoms with E-state index in [-0.39, 0.29) is 11.6 Å². The Kier molecular flexibility index (Phi) is 4.01. The van der Waals surface area contributed by atoms with Gasteiger partial charge in [0.05, 0.1) is 11.0 Å². The highest BCUT2D eigenvalue weighted by Gasteiger charge is 2.17. The van der Waals surface area contributed by atoms with Crippen LogP contribution in [0, 0.1) is 27.4 Å². The predicted octanol–water partition coefficient (Wildman–Crippen LogP) is 3.25. The van der Waals surface area contributed by atoms with Crippen LogP contribution in [0.4, 0.5) is 5.69 Å². The predicted molar refractivity (Wildman–Crippen MR) is 60.9 cm³/mol. The molecule has 0 saturated heterocycles. The fraction of sp³-hybridized carbons (Fsp3) is 0.417. The Hall–Kier alpha value is -1.89. The van der Waals surface area contributed by atoms with Crippen LogP contribution >= 0.6 is 0 Å². The minimum absolute atomic E-state index is 0.0601. The second kappa shape index (κ2) is 5.26. The lowest BCUT2D eigenvalue weighted by Crippen LogP contribution is -2.06. The largest absolute Gasteiger partial charge is 0.269 e. The molecule has 4 nitrogen and oxygen atoms in total. The maximum absolute atomic E-state index is 10.6. The van der Waals surface area contributed by atoms with Crippen molar-refractivity contribution in [3.8, 4) is 6.07 Å². The molecule has 0 aromatic heterocycles. The highest BCUT2D eigenvalue weighted by atomic mass is 16.6. The zero-order chi connectivity index (χ0) is 12.1. The summed E-state index contributed by atoms with van der Waals surface area (Å²) in [6, 6.07) is 8.66. The smallest absolute Gasteiger partial charge is 0.258 e. The maximum Gasteiger partial charge on any atom is 0.269 e. The van der Waals surface area contributed by atoms with Gasteiger partial charge in [0.25, 0.3) is 5.69 Å². The topological polar surface area (TPSA) is 66.9 Å². The minimum atomic E-state index is -0.409. The second-order valence-corrected chi connectivity index (χ2v) is 4.06. The van der Waals surface area contributed by atoms with E-state index in [1.807, 2.05) is 19.9 Å². The van der Waals surface area contributed by atoms with Crippen molar-refractivity contribution >= 4 is 5.69 Å². The summed E-state index contributed by atoms with van der Waals surface area (Å²) in [5, 5.41) is 19.4. The van der Waals surface area contributed by atoms with Crippen molar-refractivity contribution in [2.45, 2.75) is 26.2 Å². The number of nitriles is 1. The zero-order valence-electron chi connectivity index (χ0n) is 9.38. The molecule has 1 aromatic rings. The summed E-state index contributed by atoms with van der Waals surface area (Å²) in [5.41, 5.74) is 0.951. The molecule has 0 N–H and O–H groups in total. The lowest BCUT2D eigenvalue weighted by Gasteiger charge is -2.17. The molecular weight excluding hydrogens is 204 g/mol. The van der Waals surface area contributed by atoms with E-state index in [2.05, 4.69) is 6.07 Å². The van der Waals surface area contributed by atoms with Crippen LogP contribution in [0.2, 0.25) is 0 Å². The van der Waals surface area contributed by atoms with E-state index in [4.69, 9.17) is 5.26 Å². The summed E-state index contributed by atoms with van der Waals surface area (Å²) in [6.45, 7) is 4.03. The molecule has 0 saturated carbocycles. The van der Waals surface area contributed by atoms with Gasteiger partial charge in [-0.05, 0) is 17.4 Å². The van der Waals surface area contributed by atoms with E-state index < -0.39 is 4.92 Å². The van der Waals surface area contributed by atoms with Crippen LogP contribution in [0.3, 0.4) is 0 Å². The molecule has 0 aliphatic heterocycles. The Morgan fingerprint density at radius 2 is 2.19 bits per heavy atom. The van der Waals surface area contributed by atoms with Crippen LogP contribution in [-0.4, -0.2) is 4.92 Å². The molecule has 16 heavy (non-hydrogen) atoms. The third kappa shape index (κ3) is 2.80. The molecule has 1 aromatic carbocycles. The van der Waals surface area contributed by atoms with Crippen molar-refractivity contribution in [3.05, 3.63) is 39.9 Å². The fourth-order valence-electron chi connectivity index (χ4n) is 1.71. The van der Waals surface area contributed by atoms with Crippen LogP contribution < -0.4 is 0 Å². The first-order valence-electron chi connectivity index (χ1n) is 5.17. The van der Waals surface area contributed by atoms with Gasteiger partial charge in [0.2, 0.25) is 0 Å². The highest BCUT2D eigenvalue weighted by Crippen LogP contribution is 2.29. The first-order chi connectivity index (χ1) is 7.56. The normalized spacial score (nSPS) is 12.1. The van der Waals surface area contributed by atoms with Crippen LogP contribution in [0.1, 0.15) is 31.7 Å². The van der Waals surface area contributed by atoms with Gasteiger partial charge in [0, 0.05) is 18.6 Å². The first-order valence-corrected chi connectivity index (χ1v) is 5.17. The molecule has 0 aliphatic carbocycles. The van der Waals surface area contributed by atoms with E-state index in [0.717, 1.165) is 5.56 Å². The molecule has 84 valence electrons. The monoisotopic (exact) mass is 218 g/mol. The number of nitrogens with zero attached hydrogens (tertiary/aromatic N) is 2. The average Bonchev–Trinajstić information content (AvgIpc) is 2.25. The van der Waals surface area contributed by atoms with Crippen molar-refractivity contribution in [2.75, 3.05) is 0 Å². The second-order valence-electron chi connectivity index (χ2n) is 4.06. The van der Waals surface area contributed by atoms with Gasteiger partial charge >= 0.3 is 0 Å². The van der Waals surface area contributed by atoms with Gasteiger partial charge in [-0.15, -0.1) is 0 Å². The summed E-state index contributed by atoms with van der Waals surface area (Å²) in [7, 11) is 0. The Morgan fingerprint density at radius 3 is 2.69 bits per heavy atom. The van der Waals surface area contributed by atoms with Gasteiger partial charge in [0.1, 0.15) is 0 Å². The maximum atomic E-state index is 10.6. The third-order valence-corrected chi connectivity index (χ3v) is 2.63. The summed E-state index contributed by atoms with van der Waals surface area (Å²) in [5.74, 6) is 0.353. The standard InChI is InChI=1S/C12H14N2O2/c1-9(2)12(6-7-13)10-4-3-5-11(8-10)14(15)16/h3-5,8-9,12H,6H2,1-2H3. The first kappa shape index (κ1) is 12.2. The molecule has 4 heteroatoms. The fourth-order valence-corrected chi connectivity index (χ4v) is 1.71. The summed E-state index contributed by atoms with van der Waals surface area (Å²) >= 11 is 0. The molecule has 0 bridgehead atoms. The number of hydrogen-bond acceptors (Lipinski definition) is 3. The number of nitro benzene ring substituents is 1. The van der Waals surface area contributed by atoms with Crippen molar-refractivity contribution in [3.63, 3.8) is 0 Å². The molecule has 1 atom stereocenters. The lowest BCUT2D eigenvalue weighted by molar-refractivity contribution is -0.384. The van der Waals surface area contributed by atoms with E-state index in [1.54, 1.807) is 12.1 Å². The molecule has 0 heterocycles. The Balaban J connectivity index is 3.06. The van der Waals surface area contributed by atoms with Gasteiger partial charge in [-0.3, -0.25) is 10.1 Å². The number of nitro groups is 1. The SMILES string of the molecule is CC(C)C(CC#N)c1cccc([N+](=O)[O-])c1. The number of benzene rings is 1. The van der Waals surface area contributed by atoms with Gasteiger partial charge in [0.15, 0.2) is 0 Å². The highest BCUT2D eigenvalue weighted by molar-refractivity contribution is 5.36. The van der Waals surface area contributed by atoms with E-state index >= 15 is 0 Å². The lowest BCUT2D eigenvalue weighted by atomic mass is 9.86. The van der Waals surface area contributed by atoms with Crippen molar-refractivity contribution in [1.29, 1.82) is 5.26 Å². The van der Waals surface area contributed by atoms with Gasteiger partial charge < -0.3 is 0 Å². The molecular formula is C12H14N2O2. The Morgan fingerprint density at radius 1 is 1.50 bits per heavy atom. The van der Waals surface area contributed by atoms with Crippen LogP contribution in [0.15, 0.2) is 24.3 Å². The van der Waals surface area contributed by atoms with Gasteiger partial charge in [-0.1, -0.05) is 26.0 Å². The van der Waals surface area contributed by atoms with Crippen LogP contribution in [0.25, 0.3) is 0 Å². The molecule has 0 aliphatic rings. The van der Waals surface area contributed by atoms with E-state index in [0.29, 0.717) is 12.3 Å². The zero-order valence-corrected chi connectivity index (χ0v) is 9.38. The average molecular weight is 218 g/mol. The number of rotatable bonds is 4. The molecule has 0 fully saturated rings. The Labute approximate surface area is 94.7 Å². The molecule has 0 spiro atoms. The van der Waals surface area contributed by atoms with Gasteiger partial charge in [-0.25, -0.2) is 0 Å². The van der Waals surface area contributed by atoms with E-state index in [1.165, 1.54) is 6.07 Å².